The van der Waals surface area contributed by atoms with Gasteiger partial charge in [0.25, 0.3) is 0 Å². The molecule has 116 valence electrons. The third-order valence-corrected chi connectivity index (χ3v) is 3.40. The van der Waals surface area contributed by atoms with Crippen LogP contribution in [0.25, 0.3) is 0 Å². The lowest BCUT2D eigenvalue weighted by Crippen LogP contribution is -2.39. The fourth-order valence-electron chi connectivity index (χ4n) is 1.95. The molecule has 0 aliphatic heterocycles. The summed E-state index contributed by atoms with van der Waals surface area (Å²) in [7, 11) is 0. The molecule has 0 fully saturated rings. The van der Waals surface area contributed by atoms with E-state index in [1.165, 1.54) is 0 Å². The van der Waals surface area contributed by atoms with E-state index in [9.17, 15) is 4.79 Å². The molecule has 0 radical (unpaired) electrons. The van der Waals surface area contributed by atoms with E-state index >= 15 is 0 Å². The molecule has 2 aromatic carbocycles. The van der Waals surface area contributed by atoms with Crippen molar-refractivity contribution in [2.75, 3.05) is 5.32 Å². The van der Waals surface area contributed by atoms with Crippen LogP contribution < -0.4 is 15.8 Å². The first-order chi connectivity index (χ1) is 10.6. The average molecular weight is 298 g/mol. The van der Waals surface area contributed by atoms with E-state index in [-0.39, 0.29) is 11.8 Å². The van der Waals surface area contributed by atoms with E-state index in [1.54, 1.807) is 0 Å². The predicted molar refractivity (Wildman–Crippen MR) is 88.7 cm³/mol. The van der Waals surface area contributed by atoms with Gasteiger partial charge in [-0.1, -0.05) is 56.3 Å². The molecular weight excluding hydrogens is 276 g/mol. The van der Waals surface area contributed by atoms with Crippen molar-refractivity contribution in [1.29, 1.82) is 0 Å². The van der Waals surface area contributed by atoms with Crippen molar-refractivity contribution in [1.82, 2.24) is 0 Å². The topological polar surface area (TPSA) is 64.4 Å². The van der Waals surface area contributed by atoms with Gasteiger partial charge in [-0.25, -0.2) is 0 Å². The van der Waals surface area contributed by atoms with Crippen LogP contribution in [0.2, 0.25) is 0 Å². The zero-order valence-corrected chi connectivity index (χ0v) is 13.0. The van der Waals surface area contributed by atoms with Crippen LogP contribution in [0.1, 0.15) is 19.4 Å². The molecular formula is C18H22N2O2. The Balaban J connectivity index is 2.05. The van der Waals surface area contributed by atoms with Crippen LogP contribution in [0.3, 0.4) is 0 Å². The lowest BCUT2D eigenvalue weighted by Gasteiger charge is -2.17. The van der Waals surface area contributed by atoms with Gasteiger partial charge in [-0.15, -0.1) is 0 Å². The summed E-state index contributed by atoms with van der Waals surface area (Å²) < 4.78 is 5.81. The van der Waals surface area contributed by atoms with Crippen LogP contribution in [0, 0.1) is 5.92 Å². The maximum atomic E-state index is 12.1. The molecule has 0 unspecified atom stereocenters. The molecule has 2 aromatic rings. The number of amides is 1. The van der Waals surface area contributed by atoms with Gasteiger partial charge in [-0.2, -0.15) is 0 Å². The molecule has 4 heteroatoms. The Morgan fingerprint density at radius 2 is 1.73 bits per heavy atom. The molecule has 0 heterocycles. The molecule has 22 heavy (non-hydrogen) atoms. The van der Waals surface area contributed by atoms with Crippen molar-refractivity contribution >= 4 is 11.6 Å². The van der Waals surface area contributed by atoms with Crippen LogP contribution in [0.4, 0.5) is 5.69 Å². The first kappa shape index (κ1) is 16.0. The van der Waals surface area contributed by atoms with Gasteiger partial charge in [0.15, 0.2) is 0 Å². The number of para-hydroxylation sites is 2. The lowest BCUT2D eigenvalue weighted by atomic mass is 10.0. The Morgan fingerprint density at radius 3 is 2.41 bits per heavy atom. The second kappa shape index (κ2) is 7.61. The summed E-state index contributed by atoms with van der Waals surface area (Å²) in [6, 6.07) is 16.7. The van der Waals surface area contributed by atoms with Gasteiger partial charge in [-0.3, -0.25) is 4.79 Å². The number of rotatable bonds is 6. The smallest absolute Gasteiger partial charge is 0.241 e. The number of hydrogen-bond donors (Lipinski definition) is 2. The van der Waals surface area contributed by atoms with Gasteiger partial charge < -0.3 is 15.8 Å². The van der Waals surface area contributed by atoms with Gasteiger partial charge in [0, 0.05) is 0 Å². The Labute approximate surface area is 131 Å². The maximum Gasteiger partial charge on any atom is 0.241 e. The highest BCUT2D eigenvalue weighted by Gasteiger charge is 2.18. The Hall–Kier alpha value is -2.33. The minimum absolute atomic E-state index is 0.0809. The fourth-order valence-corrected chi connectivity index (χ4v) is 1.95. The summed E-state index contributed by atoms with van der Waals surface area (Å²) in [4.78, 5) is 12.1. The number of carbonyl (C=O) groups is 1. The quantitative estimate of drug-likeness (QED) is 0.861. The summed E-state index contributed by atoms with van der Waals surface area (Å²) in [5, 5.41) is 2.84. The van der Waals surface area contributed by atoms with Gasteiger partial charge in [0.05, 0.1) is 11.7 Å². The highest BCUT2D eigenvalue weighted by Crippen LogP contribution is 2.25. The number of nitrogens with one attached hydrogen (secondary N) is 1. The van der Waals surface area contributed by atoms with Crippen LogP contribution in [0.15, 0.2) is 54.6 Å². The second-order valence-corrected chi connectivity index (χ2v) is 5.53. The Bertz CT molecular complexity index is 611. The van der Waals surface area contributed by atoms with Gasteiger partial charge in [0.1, 0.15) is 12.4 Å². The number of anilines is 1. The van der Waals surface area contributed by atoms with Crippen molar-refractivity contribution in [3.8, 4) is 5.75 Å². The van der Waals surface area contributed by atoms with Gasteiger partial charge in [0.2, 0.25) is 5.91 Å². The molecule has 0 aromatic heterocycles. The molecule has 0 aliphatic rings. The highest BCUT2D eigenvalue weighted by molar-refractivity contribution is 5.96. The predicted octanol–water partition coefficient (Wildman–Crippen LogP) is 3.19. The van der Waals surface area contributed by atoms with Crippen molar-refractivity contribution in [2.45, 2.75) is 26.5 Å². The van der Waals surface area contributed by atoms with E-state index in [4.69, 9.17) is 10.5 Å². The van der Waals surface area contributed by atoms with Crippen molar-refractivity contribution in [2.24, 2.45) is 11.7 Å². The zero-order chi connectivity index (χ0) is 15.9. The minimum atomic E-state index is -0.540. The van der Waals surface area contributed by atoms with E-state index in [1.807, 2.05) is 68.4 Å². The largest absolute Gasteiger partial charge is 0.487 e. The van der Waals surface area contributed by atoms with E-state index in [2.05, 4.69) is 5.32 Å². The molecule has 1 amide bonds. The summed E-state index contributed by atoms with van der Waals surface area (Å²) in [6.07, 6.45) is 0. The third-order valence-electron chi connectivity index (χ3n) is 3.40. The first-order valence-electron chi connectivity index (χ1n) is 7.40. The first-order valence-corrected chi connectivity index (χ1v) is 7.40. The minimum Gasteiger partial charge on any atom is -0.487 e. The number of benzene rings is 2. The van der Waals surface area contributed by atoms with Gasteiger partial charge >= 0.3 is 0 Å². The molecule has 0 spiro atoms. The van der Waals surface area contributed by atoms with E-state index in [0.717, 1.165) is 5.56 Å². The fraction of sp³-hybridized carbons (Fsp3) is 0.278. The number of carbonyl (C=O) groups excluding carboxylic acids is 1. The standard InChI is InChI=1S/C18H22N2O2/c1-13(2)17(19)18(21)20-15-10-6-7-11-16(15)22-12-14-8-4-3-5-9-14/h3-11,13,17H,12,19H2,1-2H3,(H,20,21)/t17-/m0/s1. The third kappa shape index (κ3) is 4.33. The average Bonchev–Trinajstić information content (AvgIpc) is 2.54. The van der Waals surface area contributed by atoms with Crippen LogP contribution in [-0.2, 0) is 11.4 Å². The molecule has 0 aliphatic carbocycles. The highest BCUT2D eigenvalue weighted by atomic mass is 16.5. The van der Waals surface area contributed by atoms with Crippen LogP contribution in [-0.4, -0.2) is 11.9 Å². The van der Waals surface area contributed by atoms with Crippen molar-refractivity contribution in [3.63, 3.8) is 0 Å². The Kier molecular flexibility index (Phi) is 5.55. The molecule has 2 rings (SSSR count). The molecule has 0 saturated heterocycles. The number of hydrogen-bond acceptors (Lipinski definition) is 3. The molecule has 1 atom stereocenters. The van der Waals surface area contributed by atoms with Crippen LogP contribution in [0.5, 0.6) is 5.75 Å². The molecule has 4 nitrogen and oxygen atoms in total. The lowest BCUT2D eigenvalue weighted by molar-refractivity contribution is -0.118. The molecule has 3 N–H and O–H groups in total. The van der Waals surface area contributed by atoms with Crippen molar-refractivity contribution in [3.05, 3.63) is 60.2 Å². The monoisotopic (exact) mass is 298 g/mol. The number of ether oxygens (including phenoxy) is 1. The maximum absolute atomic E-state index is 12.1. The van der Waals surface area contributed by atoms with E-state index < -0.39 is 6.04 Å². The summed E-state index contributed by atoms with van der Waals surface area (Å²) in [5.41, 5.74) is 7.58. The normalized spacial score (nSPS) is 12.0. The van der Waals surface area contributed by atoms with Crippen molar-refractivity contribution < 1.29 is 9.53 Å². The summed E-state index contributed by atoms with van der Waals surface area (Å²) >= 11 is 0. The summed E-state index contributed by atoms with van der Waals surface area (Å²) in [5.74, 6) is 0.513. The SMILES string of the molecule is CC(C)[C@H](N)C(=O)Nc1ccccc1OCc1ccccc1. The molecule has 0 saturated carbocycles. The van der Waals surface area contributed by atoms with E-state index in [0.29, 0.717) is 18.0 Å². The zero-order valence-electron chi connectivity index (χ0n) is 13.0. The number of nitrogens with two attached hydrogens (primary N) is 1. The van der Waals surface area contributed by atoms with Crippen LogP contribution >= 0.6 is 0 Å². The molecule has 0 bridgehead atoms. The van der Waals surface area contributed by atoms with Gasteiger partial charge in [-0.05, 0) is 23.6 Å². The summed E-state index contributed by atoms with van der Waals surface area (Å²) in [6.45, 7) is 4.29. The Morgan fingerprint density at radius 1 is 1.09 bits per heavy atom. The second-order valence-electron chi connectivity index (χ2n) is 5.53.